The number of benzene rings is 2. The Kier molecular flexibility index (Phi) is 8.39. The number of ether oxygens (including phenoxy) is 2. The first kappa shape index (κ1) is 22.0. The van der Waals surface area contributed by atoms with Gasteiger partial charge in [0.05, 0.1) is 11.6 Å². The number of rotatable bonds is 9. The predicted octanol–water partition coefficient (Wildman–Crippen LogP) is 3.69. The highest BCUT2D eigenvalue weighted by atomic mass is 35.5. The Morgan fingerprint density at radius 3 is 2.43 bits per heavy atom. The van der Waals surface area contributed by atoms with Crippen LogP contribution >= 0.6 is 11.6 Å². The van der Waals surface area contributed by atoms with E-state index in [1.54, 1.807) is 6.07 Å². The molecule has 0 bridgehead atoms. The molecule has 0 aliphatic carbocycles. The lowest BCUT2D eigenvalue weighted by Crippen LogP contribution is -2.47. The number of carbonyl (C=O) groups excluding carboxylic acids is 2. The molecule has 6 nitrogen and oxygen atoms in total. The highest BCUT2D eigenvalue weighted by Gasteiger charge is 2.23. The van der Waals surface area contributed by atoms with Crippen LogP contribution in [0.5, 0.6) is 11.5 Å². The molecule has 0 unspecified atom stereocenters. The summed E-state index contributed by atoms with van der Waals surface area (Å²) in [5, 5.41) is 3.56. The molecule has 160 valence electrons. The first-order valence-corrected chi connectivity index (χ1v) is 10.6. The third-order valence-electron chi connectivity index (χ3n) is 4.96. The number of hydrogen-bond donors (Lipinski definition) is 1. The smallest absolute Gasteiger partial charge is 0.258 e. The van der Waals surface area contributed by atoms with E-state index >= 15 is 0 Å². The van der Waals surface area contributed by atoms with Gasteiger partial charge in [0, 0.05) is 25.6 Å². The highest BCUT2D eigenvalue weighted by molar-refractivity contribution is 6.32. The maximum atomic E-state index is 12.4. The van der Waals surface area contributed by atoms with Crippen molar-refractivity contribution in [2.45, 2.75) is 31.7 Å². The third kappa shape index (κ3) is 6.95. The molecule has 1 aliphatic heterocycles. The van der Waals surface area contributed by atoms with Crippen LogP contribution in [0.2, 0.25) is 5.02 Å². The average molecular weight is 431 g/mol. The van der Waals surface area contributed by atoms with Crippen LogP contribution in [0.25, 0.3) is 0 Å². The summed E-state index contributed by atoms with van der Waals surface area (Å²) in [6.07, 6.45) is 2.57. The molecule has 0 radical (unpaired) electrons. The second-order valence-electron chi connectivity index (χ2n) is 7.21. The van der Waals surface area contributed by atoms with Gasteiger partial charge in [-0.1, -0.05) is 41.9 Å². The standard InChI is InChI=1S/C23H27ClN2O4/c24-20-9-4-5-10-21(20)29-16-6-11-23(28)26-14-12-18(13-15-26)25-22(27)17-30-19-7-2-1-3-8-19/h1-5,7-10,18H,6,11-17H2,(H,25,27). The van der Waals surface area contributed by atoms with E-state index in [0.717, 1.165) is 12.8 Å². The van der Waals surface area contributed by atoms with Gasteiger partial charge >= 0.3 is 0 Å². The lowest BCUT2D eigenvalue weighted by molar-refractivity contribution is -0.132. The number of carbonyl (C=O) groups is 2. The fourth-order valence-corrected chi connectivity index (χ4v) is 3.52. The minimum atomic E-state index is -0.139. The second kappa shape index (κ2) is 11.5. The van der Waals surface area contributed by atoms with Crippen molar-refractivity contribution in [3.63, 3.8) is 0 Å². The fourth-order valence-electron chi connectivity index (χ4n) is 3.33. The van der Waals surface area contributed by atoms with Gasteiger partial charge in [-0.3, -0.25) is 9.59 Å². The summed E-state index contributed by atoms with van der Waals surface area (Å²) in [7, 11) is 0. The van der Waals surface area contributed by atoms with Gasteiger partial charge in [0.25, 0.3) is 5.91 Å². The van der Waals surface area contributed by atoms with E-state index < -0.39 is 0 Å². The monoisotopic (exact) mass is 430 g/mol. The maximum Gasteiger partial charge on any atom is 0.258 e. The number of para-hydroxylation sites is 2. The second-order valence-corrected chi connectivity index (χ2v) is 7.61. The topological polar surface area (TPSA) is 67.9 Å². The quantitative estimate of drug-likeness (QED) is 0.616. The number of hydrogen-bond acceptors (Lipinski definition) is 4. The molecule has 1 heterocycles. The summed E-state index contributed by atoms with van der Waals surface area (Å²) < 4.78 is 11.1. The maximum absolute atomic E-state index is 12.4. The normalized spacial score (nSPS) is 14.2. The Morgan fingerprint density at radius 1 is 1.00 bits per heavy atom. The minimum absolute atomic E-state index is 0.00537. The van der Waals surface area contributed by atoms with Crippen molar-refractivity contribution in [3.8, 4) is 11.5 Å². The zero-order valence-electron chi connectivity index (χ0n) is 16.9. The van der Waals surface area contributed by atoms with Gasteiger partial charge in [0.15, 0.2) is 6.61 Å². The van der Waals surface area contributed by atoms with E-state index in [2.05, 4.69) is 5.32 Å². The van der Waals surface area contributed by atoms with E-state index in [1.807, 2.05) is 53.4 Å². The van der Waals surface area contributed by atoms with Gasteiger partial charge in [0.1, 0.15) is 11.5 Å². The first-order chi connectivity index (χ1) is 14.6. The van der Waals surface area contributed by atoms with Crippen molar-refractivity contribution in [2.24, 2.45) is 0 Å². The molecule has 2 aromatic carbocycles. The Labute approximate surface area is 182 Å². The molecule has 2 amide bonds. The molecule has 3 rings (SSSR count). The van der Waals surface area contributed by atoms with Crippen molar-refractivity contribution in [1.29, 1.82) is 0 Å². The highest BCUT2D eigenvalue weighted by Crippen LogP contribution is 2.23. The molecule has 1 N–H and O–H groups in total. The molecule has 0 aromatic heterocycles. The van der Waals surface area contributed by atoms with Crippen molar-refractivity contribution >= 4 is 23.4 Å². The van der Waals surface area contributed by atoms with Gasteiger partial charge in [0.2, 0.25) is 5.91 Å². The molecule has 1 fully saturated rings. The van der Waals surface area contributed by atoms with E-state index in [4.69, 9.17) is 21.1 Å². The summed E-state index contributed by atoms with van der Waals surface area (Å²) in [6.45, 7) is 1.74. The van der Waals surface area contributed by atoms with Gasteiger partial charge in [-0.15, -0.1) is 0 Å². The molecule has 1 aliphatic rings. The minimum Gasteiger partial charge on any atom is -0.492 e. The van der Waals surface area contributed by atoms with Crippen LogP contribution in [-0.4, -0.2) is 49.1 Å². The number of nitrogens with one attached hydrogen (secondary N) is 1. The van der Waals surface area contributed by atoms with Gasteiger partial charge < -0.3 is 19.7 Å². The molecular formula is C23H27ClN2O4. The number of piperidine rings is 1. The van der Waals surface area contributed by atoms with Crippen molar-refractivity contribution in [1.82, 2.24) is 10.2 Å². The molecule has 1 saturated heterocycles. The van der Waals surface area contributed by atoms with Crippen LogP contribution in [0.3, 0.4) is 0 Å². The zero-order valence-corrected chi connectivity index (χ0v) is 17.6. The number of amides is 2. The van der Waals surface area contributed by atoms with Crippen LogP contribution in [0, 0.1) is 0 Å². The summed E-state index contributed by atoms with van der Waals surface area (Å²) >= 11 is 6.05. The molecule has 30 heavy (non-hydrogen) atoms. The van der Waals surface area contributed by atoms with E-state index in [9.17, 15) is 9.59 Å². The Balaban J connectivity index is 1.29. The molecule has 0 saturated carbocycles. The summed E-state index contributed by atoms with van der Waals surface area (Å²) in [5.74, 6) is 1.29. The first-order valence-electron chi connectivity index (χ1n) is 10.2. The van der Waals surface area contributed by atoms with Gasteiger partial charge in [-0.25, -0.2) is 0 Å². The molecule has 0 atom stereocenters. The summed E-state index contributed by atoms with van der Waals surface area (Å²) in [4.78, 5) is 26.3. The fraction of sp³-hybridized carbons (Fsp3) is 0.391. The van der Waals surface area contributed by atoms with Crippen LogP contribution < -0.4 is 14.8 Å². The van der Waals surface area contributed by atoms with E-state index in [-0.39, 0.29) is 24.5 Å². The third-order valence-corrected chi connectivity index (χ3v) is 5.27. The van der Waals surface area contributed by atoms with E-state index in [0.29, 0.717) is 49.1 Å². The Morgan fingerprint density at radius 2 is 1.70 bits per heavy atom. The molecular weight excluding hydrogens is 404 g/mol. The lowest BCUT2D eigenvalue weighted by Gasteiger charge is -2.32. The largest absolute Gasteiger partial charge is 0.492 e. The van der Waals surface area contributed by atoms with Crippen LogP contribution in [-0.2, 0) is 9.59 Å². The summed E-state index contributed by atoms with van der Waals surface area (Å²) in [6, 6.07) is 16.6. The molecule has 7 heteroatoms. The molecule has 2 aromatic rings. The Bertz CT molecular complexity index is 823. The van der Waals surface area contributed by atoms with Crippen molar-refractivity contribution in [3.05, 3.63) is 59.6 Å². The predicted molar refractivity (Wildman–Crippen MR) is 116 cm³/mol. The van der Waals surface area contributed by atoms with Crippen molar-refractivity contribution in [2.75, 3.05) is 26.3 Å². The molecule has 0 spiro atoms. The average Bonchev–Trinajstić information content (AvgIpc) is 2.77. The summed E-state index contributed by atoms with van der Waals surface area (Å²) in [5.41, 5.74) is 0. The van der Waals surface area contributed by atoms with Crippen molar-refractivity contribution < 1.29 is 19.1 Å². The number of halogens is 1. The van der Waals surface area contributed by atoms with Crippen LogP contribution in [0.15, 0.2) is 54.6 Å². The lowest BCUT2D eigenvalue weighted by atomic mass is 10.0. The Hall–Kier alpha value is -2.73. The number of likely N-dealkylation sites (tertiary alicyclic amines) is 1. The van der Waals surface area contributed by atoms with Gasteiger partial charge in [-0.2, -0.15) is 0 Å². The SMILES string of the molecule is O=C(COc1ccccc1)NC1CCN(C(=O)CCCOc2ccccc2Cl)CC1. The van der Waals surface area contributed by atoms with E-state index in [1.165, 1.54) is 0 Å². The van der Waals surface area contributed by atoms with Gasteiger partial charge in [-0.05, 0) is 43.5 Å². The number of nitrogens with zero attached hydrogens (tertiary/aromatic N) is 1. The van der Waals surface area contributed by atoms with Crippen LogP contribution in [0.4, 0.5) is 0 Å². The van der Waals surface area contributed by atoms with Crippen LogP contribution in [0.1, 0.15) is 25.7 Å². The zero-order chi connectivity index (χ0) is 21.2.